The molecule has 0 spiro atoms. The molecule has 2 aromatic rings. The average molecular weight is 252 g/mol. The quantitative estimate of drug-likeness (QED) is 0.798. The van der Waals surface area contributed by atoms with Crippen LogP contribution in [0.4, 0.5) is 0 Å². The molecule has 0 unspecified atom stereocenters. The third kappa shape index (κ3) is 3.40. The number of thiazole rings is 1. The lowest BCUT2D eigenvalue weighted by Crippen LogP contribution is -2.12. The summed E-state index contributed by atoms with van der Waals surface area (Å²) in [7, 11) is 0. The summed E-state index contributed by atoms with van der Waals surface area (Å²) in [5.74, 6) is 0. The van der Waals surface area contributed by atoms with Crippen LogP contribution in [0.3, 0.4) is 0 Å². The molecule has 0 aliphatic carbocycles. The Morgan fingerprint density at radius 2 is 2.31 bits per heavy atom. The molecule has 16 heavy (non-hydrogen) atoms. The highest BCUT2D eigenvalue weighted by atomic mass is 32.1. The lowest BCUT2D eigenvalue weighted by atomic mass is 10.4. The molecular weight excluding hydrogens is 236 g/mol. The van der Waals surface area contributed by atoms with Crippen molar-refractivity contribution in [2.24, 2.45) is 0 Å². The second-order valence-corrected chi connectivity index (χ2v) is 5.89. The van der Waals surface area contributed by atoms with E-state index in [4.69, 9.17) is 0 Å². The van der Waals surface area contributed by atoms with Gasteiger partial charge < -0.3 is 5.32 Å². The van der Waals surface area contributed by atoms with Crippen LogP contribution in [-0.4, -0.2) is 11.5 Å². The fourth-order valence-corrected chi connectivity index (χ4v) is 3.18. The second kappa shape index (κ2) is 6.13. The molecule has 0 aromatic carbocycles. The number of thiophene rings is 1. The summed E-state index contributed by atoms with van der Waals surface area (Å²) >= 11 is 3.61. The van der Waals surface area contributed by atoms with Gasteiger partial charge in [-0.25, -0.2) is 4.98 Å². The van der Waals surface area contributed by atoms with Crippen LogP contribution in [0.1, 0.15) is 28.1 Å². The summed E-state index contributed by atoms with van der Waals surface area (Å²) in [4.78, 5) is 7.18. The first kappa shape index (κ1) is 11.8. The van der Waals surface area contributed by atoms with Crippen molar-refractivity contribution in [1.29, 1.82) is 0 Å². The monoisotopic (exact) mass is 252 g/mol. The van der Waals surface area contributed by atoms with Gasteiger partial charge in [0.25, 0.3) is 0 Å². The molecule has 0 radical (unpaired) electrons. The van der Waals surface area contributed by atoms with Gasteiger partial charge in [-0.1, -0.05) is 13.0 Å². The van der Waals surface area contributed by atoms with Gasteiger partial charge in [-0.3, -0.25) is 0 Å². The number of nitrogens with one attached hydrogen (secondary N) is 1. The van der Waals surface area contributed by atoms with E-state index in [0.29, 0.717) is 0 Å². The molecule has 86 valence electrons. The molecule has 0 saturated carbocycles. The number of hydrogen-bond acceptors (Lipinski definition) is 4. The van der Waals surface area contributed by atoms with Gasteiger partial charge in [0.05, 0.1) is 5.01 Å². The Morgan fingerprint density at radius 3 is 3.06 bits per heavy atom. The maximum absolute atomic E-state index is 4.45. The molecule has 2 heterocycles. The lowest BCUT2D eigenvalue weighted by molar-refractivity contribution is 0.681. The fraction of sp³-hybridized carbons (Fsp3) is 0.417. The molecule has 2 rings (SSSR count). The number of rotatable bonds is 6. The Hall–Kier alpha value is -0.710. The molecular formula is C12H16N2S2. The number of aromatic nitrogens is 1. The molecule has 1 N–H and O–H groups in total. The van der Waals surface area contributed by atoms with E-state index in [1.807, 2.05) is 17.5 Å². The molecule has 2 aromatic heterocycles. The topological polar surface area (TPSA) is 24.9 Å². The molecule has 0 aliphatic rings. The smallest absolute Gasteiger partial charge is 0.0980 e. The first-order valence-corrected chi connectivity index (χ1v) is 7.24. The van der Waals surface area contributed by atoms with Crippen molar-refractivity contribution in [2.75, 3.05) is 6.54 Å². The standard InChI is InChI=1S/C12H16N2S2/c1-2-5-13-8-11-9-14-12(16-11)7-10-4-3-6-15-10/h3-4,6,9,13H,2,5,7-8H2,1H3. The van der Waals surface area contributed by atoms with Gasteiger partial charge in [0.2, 0.25) is 0 Å². The Morgan fingerprint density at radius 1 is 1.38 bits per heavy atom. The highest BCUT2D eigenvalue weighted by molar-refractivity contribution is 7.12. The highest BCUT2D eigenvalue weighted by Gasteiger charge is 2.03. The van der Waals surface area contributed by atoms with Crippen molar-refractivity contribution in [3.63, 3.8) is 0 Å². The van der Waals surface area contributed by atoms with Gasteiger partial charge in [0.15, 0.2) is 0 Å². The summed E-state index contributed by atoms with van der Waals surface area (Å²) in [6.45, 7) is 4.22. The van der Waals surface area contributed by atoms with Gasteiger partial charge in [-0.15, -0.1) is 22.7 Å². The molecule has 0 amide bonds. The second-order valence-electron chi connectivity index (χ2n) is 3.65. The van der Waals surface area contributed by atoms with Crippen molar-refractivity contribution in [1.82, 2.24) is 10.3 Å². The zero-order valence-corrected chi connectivity index (χ0v) is 11.0. The third-order valence-electron chi connectivity index (χ3n) is 2.23. The van der Waals surface area contributed by atoms with E-state index >= 15 is 0 Å². The summed E-state index contributed by atoms with van der Waals surface area (Å²) in [5.41, 5.74) is 0. The zero-order chi connectivity index (χ0) is 11.2. The van der Waals surface area contributed by atoms with E-state index in [2.05, 4.69) is 34.7 Å². The van der Waals surface area contributed by atoms with Crippen LogP contribution in [0.15, 0.2) is 23.7 Å². The predicted molar refractivity (Wildman–Crippen MR) is 71.2 cm³/mol. The van der Waals surface area contributed by atoms with E-state index in [1.54, 1.807) is 11.3 Å². The van der Waals surface area contributed by atoms with E-state index in [9.17, 15) is 0 Å². The third-order valence-corrected chi connectivity index (χ3v) is 4.11. The largest absolute Gasteiger partial charge is 0.312 e. The zero-order valence-electron chi connectivity index (χ0n) is 9.40. The SMILES string of the molecule is CCCNCc1cnc(Cc2cccs2)s1. The van der Waals surface area contributed by atoms with Gasteiger partial charge in [-0.05, 0) is 24.4 Å². The number of nitrogens with zero attached hydrogens (tertiary/aromatic N) is 1. The van der Waals surface area contributed by atoms with Crippen LogP contribution in [-0.2, 0) is 13.0 Å². The Labute approximate surface area is 104 Å². The van der Waals surface area contributed by atoms with Crippen LogP contribution in [0.25, 0.3) is 0 Å². The van der Waals surface area contributed by atoms with E-state index in [0.717, 1.165) is 19.5 Å². The summed E-state index contributed by atoms with van der Waals surface area (Å²) in [5, 5.41) is 6.73. The molecule has 0 bridgehead atoms. The Balaban J connectivity index is 1.87. The molecule has 0 atom stereocenters. The molecule has 2 nitrogen and oxygen atoms in total. The summed E-state index contributed by atoms with van der Waals surface area (Å²) < 4.78 is 0. The minimum absolute atomic E-state index is 0.954. The highest BCUT2D eigenvalue weighted by Crippen LogP contribution is 2.19. The Kier molecular flexibility index (Phi) is 4.51. The number of hydrogen-bond donors (Lipinski definition) is 1. The Bertz CT molecular complexity index is 406. The van der Waals surface area contributed by atoms with Crippen LogP contribution >= 0.6 is 22.7 Å². The van der Waals surface area contributed by atoms with E-state index in [-0.39, 0.29) is 0 Å². The van der Waals surface area contributed by atoms with Gasteiger partial charge in [0, 0.05) is 28.9 Å². The predicted octanol–water partition coefficient (Wildman–Crippen LogP) is 3.30. The van der Waals surface area contributed by atoms with Crippen LogP contribution in [0, 0.1) is 0 Å². The van der Waals surface area contributed by atoms with Gasteiger partial charge >= 0.3 is 0 Å². The van der Waals surface area contributed by atoms with Crippen LogP contribution in [0.5, 0.6) is 0 Å². The van der Waals surface area contributed by atoms with Crippen LogP contribution < -0.4 is 5.32 Å². The van der Waals surface area contributed by atoms with Crippen molar-refractivity contribution >= 4 is 22.7 Å². The first-order valence-electron chi connectivity index (χ1n) is 5.55. The van der Waals surface area contributed by atoms with E-state index < -0.39 is 0 Å². The molecule has 0 fully saturated rings. The van der Waals surface area contributed by atoms with Crippen molar-refractivity contribution in [2.45, 2.75) is 26.3 Å². The van der Waals surface area contributed by atoms with E-state index in [1.165, 1.54) is 21.2 Å². The van der Waals surface area contributed by atoms with Gasteiger partial charge in [-0.2, -0.15) is 0 Å². The maximum Gasteiger partial charge on any atom is 0.0980 e. The minimum Gasteiger partial charge on any atom is -0.312 e. The molecule has 0 aliphatic heterocycles. The molecule has 0 saturated heterocycles. The first-order chi connectivity index (χ1) is 7.88. The average Bonchev–Trinajstić information content (AvgIpc) is 2.91. The summed E-state index contributed by atoms with van der Waals surface area (Å²) in [6.07, 6.45) is 4.16. The normalized spacial score (nSPS) is 10.8. The molecule has 4 heteroatoms. The van der Waals surface area contributed by atoms with Crippen molar-refractivity contribution in [3.05, 3.63) is 38.5 Å². The fourth-order valence-electron chi connectivity index (χ4n) is 1.46. The maximum atomic E-state index is 4.45. The van der Waals surface area contributed by atoms with Crippen LogP contribution in [0.2, 0.25) is 0 Å². The van der Waals surface area contributed by atoms with Crippen molar-refractivity contribution < 1.29 is 0 Å². The lowest BCUT2D eigenvalue weighted by Gasteiger charge is -1.97. The van der Waals surface area contributed by atoms with Gasteiger partial charge in [0.1, 0.15) is 0 Å². The summed E-state index contributed by atoms with van der Waals surface area (Å²) in [6, 6.07) is 4.26. The minimum atomic E-state index is 0.954. The van der Waals surface area contributed by atoms with Crippen molar-refractivity contribution in [3.8, 4) is 0 Å².